The van der Waals surface area contributed by atoms with Crippen molar-refractivity contribution in [2.75, 3.05) is 14.2 Å². The first-order valence-corrected chi connectivity index (χ1v) is 10.3. The average Bonchev–Trinajstić information content (AvgIpc) is 3.48. The highest BCUT2D eigenvalue weighted by Crippen LogP contribution is 2.33. The number of carbonyl (C=O) groups is 1. The third-order valence-corrected chi connectivity index (χ3v) is 5.40. The van der Waals surface area contributed by atoms with Gasteiger partial charge in [0.05, 0.1) is 25.5 Å². The standard InChI is InChI=1S/C23H21N3O3S/c1-28-20-9-8-17(12-21(20)29-2)22-19(23(27)24-13-16-10-11-30-15-16)14-26(25-22)18-6-4-3-5-7-18/h3-12,14-15H,13H2,1-2H3,(H,24,27). The van der Waals surface area contributed by atoms with Crippen LogP contribution in [0.15, 0.2) is 71.6 Å². The third kappa shape index (κ3) is 4.06. The van der Waals surface area contributed by atoms with Gasteiger partial charge in [0.1, 0.15) is 5.69 Å². The highest BCUT2D eigenvalue weighted by Gasteiger charge is 2.20. The zero-order valence-corrected chi connectivity index (χ0v) is 17.5. The maximum Gasteiger partial charge on any atom is 0.255 e. The molecule has 0 fully saturated rings. The minimum Gasteiger partial charge on any atom is -0.493 e. The first kappa shape index (κ1) is 19.7. The van der Waals surface area contributed by atoms with E-state index in [1.165, 1.54) is 0 Å². The Morgan fingerprint density at radius 2 is 1.87 bits per heavy atom. The topological polar surface area (TPSA) is 65.4 Å². The van der Waals surface area contributed by atoms with E-state index < -0.39 is 0 Å². The quantitative estimate of drug-likeness (QED) is 0.477. The van der Waals surface area contributed by atoms with E-state index in [1.54, 1.807) is 36.4 Å². The van der Waals surface area contributed by atoms with Crippen molar-refractivity contribution in [2.45, 2.75) is 6.54 Å². The smallest absolute Gasteiger partial charge is 0.255 e. The molecule has 6 nitrogen and oxygen atoms in total. The fraction of sp³-hybridized carbons (Fsp3) is 0.130. The van der Waals surface area contributed by atoms with Crippen molar-refractivity contribution in [1.82, 2.24) is 15.1 Å². The van der Waals surface area contributed by atoms with Gasteiger partial charge in [-0.3, -0.25) is 4.79 Å². The molecular weight excluding hydrogens is 398 g/mol. The number of carbonyl (C=O) groups excluding carboxylic acids is 1. The minimum absolute atomic E-state index is 0.187. The van der Waals surface area contributed by atoms with Gasteiger partial charge in [-0.15, -0.1) is 0 Å². The summed E-state index contributed by atoms with van der Waals surface area (Å²) in [7, 11) is 3.17. The fourth-order valence-corrected chi connectivity index (χ4v) is 3.79. The number of ether oxygens (including phenoxy) is 2. The maximum absolute atomic E-state index is 13.0. The summed E-state index contributed by atoms with van der Waals surface area (Å²) in [4.78, 5) is 13.0. The van der Waals surface area contributed by atoms with Crippen LogP contribution >= 0.6 is 11.3 Å². The van der Waals surface area contributed by atoms with Crippen LogP contribution in [0.25, 0.3) is 16.9 Å². The van der Waals surface area contributed by atoms with E-state index >= 15 is 0 Å². The molecule has 2 aromatic carbocycles. The van der Waals surface area contributed by atoms with Gasteiger partial charge in [0, 0.05) is 18.3 Å². The van der Waals surface area contributed by atoms with E-state index in [9.17, 15) is 4.79 Å². The summed E-state index contributed by atoms with van der Waals surface area (Å²) in [6.45, 7) is 0.463. The summed E-state index contributed by atoms with van der Waals surface area (Å²) in [6.07, 6.45) is 1.75. The number of hydrogen-bond donors (Lipinski definition) is 1. The van der Waals surface area contributed by atoms with Crippen LogP contribution in [0.1, 0.15) is 15.9 Å². The average molecular weight is 420 g/mol. The van der Waals surface area contributed by atoms with Crippen LogP contribution in [-0.4, -0.2) is 29.9 Å². The number of aromatic nitrogens is 2. The number of amides is 1. The van der Waals surface area contributed by atoms with E-state index in [-0.39, 0.29) is 5.91 Å². The van der Waals surface area contributed by atoms with Gasteiger partial charge in [0.2, 0.25) is 0 Å². The molecule has 0 aliphatic heterocycles. The zero-order valence-electron chi connectivity index (χ0n) is 16.7. The molecule has 0 atom stereocenters. The summed E-state index contributed by atoms with van der Waals surface area (Å²) < 4.78 is 12.5. The third-order valence-electron chi connectivity index (χ3n) is 4.67. The molecule has 0 unspecified atom stereocenters. The van der Waals surface area contributed by atoms with E-state index in [0.717, 1.165) is 16.8 Å². The molecule has 4 aromatic rings. The van der Waals surface area contributed by atoms with E-state index in [4.69, 9.17) is 14.6 Å². The van der Waals surface area contributed by atoms with Crippen molar-refractivity contribution < 1.29 is 14.3 Å². The molecule has 0 saturated carbocycles. The first-order valence-electron chi connectivity index (χ1n) is 9.36. The molecule has 30 heavy (non-hydrogen) atoms. The van der Waals surface area contributed by atoms with Gasteiger partial charge in [-0.25, -0.2) is 4.68 Å². The number of nitrogens with one attached hydrogen (secondary N) is 1. The first-order chi connectivity index (χ1) is 14.7. The largest absolute Gasteiger partial charge is 0.493 e. The Labute approximate surface area is 178 Å². The van der Waals surface area contributed by atoms with E-state index in [2.05, 4.69) is 5.32 Å². The number of nitrogens with zero attached hydrogens (tertiary/aromatic N) is 2. The van der Waals surface area contributed by atoms with Crippen molar-refractivity contribution >= 4 is 17.2 Å². The highest BCUT2D eigenvalue weighted by atomic mass is 32.1. The van der Waals surface area contributed by atoms with Gasteiger partial charge in [0.25, 0.3) is 5.91 Å². The van der Waals surface area contributed by atoms with E-state index in [0.29, 0.717) is 29.3 Å². The van der Waals surface area contributed by atoms with Gasteiger partial charge in [-0.05, 0) is 52.7 Å². The van der Waals surface area contributed by atoms with Crippen molar-refractivity contribution in [3.63, 3.8) is 0 Å². The van der Waals surface area contributed by atoms with Gasteiger partial charge in [-0.2, -0.15) is 16.4 Å². The van der Waals surface area contributed by atoms with Crippen LogP contribution in [0.5, 0.6) is 11.5 Å². The lowest BCUT2D eigenvalue weighted by molar-refractivity contribution is 0.0951. The van der Waals surface area contributed by atoms with Crippen LogP contribution in [-0.2, 0) is 6.54 Å². The second-order valence-electron chi connectivity index (χ2n) is 6.56. The van der Waals surface area contributed by atoms with Crippen LogP contribution < -0.4 is 14.8 Å². The van der Waals surface area contributed by atoms with Crippen molar-refractivity contribution in [3.05, 3.63) is 82.7 Å². The fourth-order valence-electron chi connectivity index (χ4n) is 3.12. The maximum atomic E-state index is 13.0. The number of para-hydroxylation sites is 1. The van der Waals surface area contributed by atoms with Gasteiger partial charge in [-0.1, -0.05) is 18.2 Å². The number of hydrogen-bond acceptors (Lipinski definition) is 5. The SMILES string of the molecule is COc1ccc(-c2nn(-c3ccccc3)cc2C(=O)NCc2ccsc2)cc1OC. The lowest BCUT2D eigenvalue weighted by Crippen LogP contribution is -2.22. The van der Waals surface area contributed by atoms with Crippen molar-refractivity contribution in [2.24, 2.45) is 0 Å². The Hall–Kier alpha value is -3.58. The number of thiophene rings is 1. The Bertz CT molecular complexity index is 1140. The molecule has 0 aliphatic rings. The Kier molecular flexibility index (Phi) is 5.81. The summed E-state index contributed by atoms with van der Waals surface area (Å²) >= 11 is 1.60. The molecule has 0 saturated heterocycles. The van der Waals surface area contributed by atoms with Gasteiger partial charge >= 0.3 is 0 Å². The second kappa shape index (κ2) is 8.84. The van der Waals surface area contributed by atoms with Crippen LogP contribution in [0, 0.1) is 0 Å². The lowest BCUT2D eigenvalue weighted by Gasteiger charge is -2.09. The molecule has 7 heteroatoms. The monoisotopic (exact) mass is 419 g/mol. The molecule has 1 amide bonds. The molecule has 4 rings (SSSR count). The zero-order chi connectivity index (χ0) is 20.9. The number of benzene rings is 2. The predicted octanol–water partition coefficient (Wildman–Crippen LogP) is 4.55. The van der Waals surface area contributed by atoms with Crippen molar-refractivity contribution in [1.29, 1.82) is 0 Å². The molecular formula is C23H21N3O3S. The molecule has 1 N–H and O–H groups in total. The Morgan fingerprint density at radius 1 is 1.07 bits per heavy atom. The molecule has 152 valence electrons. The second-order valence-corrected chi connectivity index (χ2v) is 7.34. The summed E-state index contributed by atoms with van der Waals surface area (Å²) in [5.74, 6) is 1.01. The van der Waals surface area contributed by atoms with Crippen LogP contribution in [0.2, 0.25) is 0 Å². The van der Waals surface area contributed by atoms with Crippen LogP contribution in [0.4, 0.5) is 0 Å². The normalized spacial score (nSPS) is 10.6. The van der Waals surface area contributed by atoms with Crippen molar-refractivity contribution in [3.8, 4) is 28.4 Å². The molecule has 0 aliphatic carbocycles. The summed E-state index contributed by atoms with van der Waals surface area (Å²) in [6, 6.07) is 17.2. The lowest BCUT2D eigenvalue weighted by atomic mass is 10.1. The molecule has 0 spiro atoms. The Morgan fingerprint density at radius 3 is 2.57 bits per heavy atom. The predicted molar refractivity (Wildman–Crippen MR) is 118 cm³/mol. The molecule has 0 radical (unpaired) electrons. The number of rotatable bonds is 7. The minimum atomic E-state index is -0.187. The summed E-state index contributed by atoms with van der Waals surface area (Å²) in [5, 5.41) is 11.7. The van der Waals surface area contributed by atoms with Gasteiger partial charge < -0.3 is 14.8 Å². The molecule has 2 heterocycles. The highest BCUT2D eigenvalue weighted by molar-refractivity contribution is 7.07. The molecule has 0 bridgehead atoms. The molecule has 2 aromatic heterocycles. The van der Waals surface area contributed by atoms with Gasteiger partial charge in [0.15, 0.2) is 11.5 Å². The van der Waals surface area contributed by atoms with E-state index in [1.807, 2.05) is 65.4 Å². The summed E-state index contributed by atoms with van der Waals surface area (Å²) in [5.41, 5.74) is 3.76. The van der Waals surface area contributed by atoms with Crippen LogP contribution in [0.3, 0.4) is 0 Å². The number of methoxy groups -OCH3 is 2. The Balaban J connectivity index is 1.74.